The Hall–Kier alpha value is -2.50. The minimum atomic E-state index is -0.621. The average molecular weight is 566 g/mol. The molecule has 0 saturated carbocycles. The lowest BCUT2D eigenvalue weighted by Gasteiger charge is -2.14. The number of guanidine groups is 1. The summed E-state index contributed by atoms with van der Waals surface area (Å²) in [5.74, 6) is 0.766. The van der Waals surface area contributed by atoms with Crippen molar-refractivity contribution in [2.45, 2.75) is 12.5 Å². The highest BCUT2D eigenvalue weighted by Crippen LogP contribution is 2.29. The van der Waals surface area contributed by atoms with Gasteiger partial charge in [-0.3, -0.25) is 4.99 Å². The molecule has 0 radical (unpaired) electrons. The summed E-state index contributed by atoms with van der Waals surface area (Å²) >= 11 is 1.59. The van der Waals surface area contributed by atoms with E-state index in [9.17, 15) is 9.50 Å². The summed E-state index contributed by atoms with van der Waals surface area (Å²) < 4.78 is 19.7. The van der Waals surface area contributed by atoms with E-state index < -0.39 is 6.10 Å². The molecule has 0 aliphatic heterocycles. The van der Waals surface area contributed by atoms with Crippen molar-refractivity contribution in [1.82, 2.24) is 15.6 Å². The van der Waals surface area contributed by atoms with Crippen molar-refractivity contribution in [2.75, 3.05) is 20.1 Å². The van der Waals surface area contributed by atoms with Crippen molar-refractivity contribution >= 4 is 51.4 Å². The number of rotatable bonds is 7. The molecule has 2 aromatic carbocycles. The summed E-state index contributed by atoms with van der Waals surface area (Å²) in [5, 5.41) is 18.0. The SMILES string of the molecule is CN=C(NCCc1coc(-c2ccc(F)cc2)n1)NCC(O)c1cc2ccccc2s1.I. The molecule has 0 aliphatic carbocycles. The largest absolute Gasteiger partial charge is 0.444 e. The highest BCUT2D eigenvalue weighted by molar-refractivity contribution is 14.0. The number of fused-ring (bicyclic) bond motifs is 1. The molecular formula is C23H24FIN4O2S. The number of thiophene rings is 1. The molecule has 6 nitrogen and oxygen atoms in total. The Labute approximate surface area is 206 Å². The molecule has 0 saturated heterocycles. The van der Waals surface area contributed by atoms with Gasteiger partial charge in [0.25, 0.3) is 0 Å². The van der Waals surface area contributed by atoms with E-state index in [-0.39, 0.29) is 29.8 Å². The van der Waals surface area contributed by atoms with Crippen molar-refractivity contribution in [3.05, 3.63) is 77.2 Å². The fourth-order valence-electron chi connectivity index (χ4n) is 3.14. The first-order valence-electron chi connectivity index (χ1n) is 9.94. The van der Waals surface area contributed by atoms with Crippen LogP contribution in [-0.2, 0) is 6.42 Å². The number of oxazole rings is 1. The number of aliphatic hydroxyl groups excluding tert-OH is 1. The molecule has 0 aliphatic rings. The molecule has 32 heavy (non-hydrogen) atoms. The highest BCUT2D eigenvalue weighted by Gasteiger charge is 2.12. The van der Waals surface area contributed by atoms with E-state index in [0.29, 0.717) is 31.4 Å². The van der Waals surface area contributed by atoms with Gasteiger partial charge < -0.3 is 20.2 Å². The van der Waals surface area contributed by atoms with Gasteiger partial charge in [-0.2, -0.15) is 0 Å². The van der Waals surface area contributed by atoms with Crippen LogP contribution in [0.1, 0.15) is 16.7 Å². The van der Waals surface area contributed by atoms with E-state index in [1.54, 1.807) is 36.8 Å². The molecule has 0 bridgehead atoms. The first kappa shape index (κ1) is 24.1. The molecule has 1 atom stereocenters. The zero-order valence-electron chi connectivity index (χ0n) is 17.4. The third-order valence-electron chi connectivity index (χ3n) is 4.78. The summed E-state index contributed by atoms with van der Waals surface area (Å²) in [6.45, 7) is 0.944. The van der Waals surface area contributed by atoms with Gasteiger partial charge in [0.2, 0.25) is 5.89 Å². The quantitative estimate of drug-likeness (QED) is 0.171. The Morgan fingerprint density at radius 2 is 1.97 bits per heavy atom. The van der Waals surface area contributed by atoms with Gasteiger partial charge in [-0.15, -0.1) is 35.3 Å². The van der Waals surface area contributed by atoms with Crippen molar-refractivity contribution in [3.63, 3.8) is 0 Å². The Balaban J connectivity index is 0.00000289. The number of nitrogens with zero attached hydrogens (tertiary/aromatic N) is 2. The maximum Gasteiger partial charge on any atom is 0.226 e. The van der Waals surface area contributed by atoms with E-state index in [0.717, 1.165) is 26.2 Å². The van der Waals surface area contributed by atoms with Crippen LogP contribution >= 0.6 is 35.3 Å². The van der Waals surface area contributed by atoms with Crippen LogP contribution in [0.5, 0.6) is 0 Å². The van der Waals surface area contributed by atoms with Crippen LogP contribution in [0.15, 0.2) is 70.3 Å². The predicted octanol–water partition coefficient (Wildman–Crippen LogP) is 4.75. The van der Waals surface area contributed by atoms with E-state index in [4.69, 9.17) is 4.42 Å². The number of aliphatic hydroxyl groups is 1. The molecule has 2 aromatic heterocycles. The highest BCUT2D eigenvalue weighted by atomic mass is 127. The molecule has 1 unspecified atom stereocenters. The second-order valence-corrected chi connectivity index (χ2v) is 8.10. The average Bonchev–Trinajstić information content (AvgIpc) is 3.43. The first-order chi connectivity index (χ1) is 15.1. The normalized spacial score (nSPS) is 12.4. The van der Waals surface area contributed by atoms with E-state index >= 15 is 0 Å². The number of aromatic nitrogens is 1. The van der Waals surface area contributed by atoms with Crippen LogP contribution in [-0.4, -0.2) is 36.2 Å². The smallest absolute Gasteiger partial charge is 0.226 e. The first-order valence-corrected chi connectivity index (χ1v) is 10.8. The Morgan fingerprint density at radius 3 is 2.72 bits per heavy atom. The number of hydrogen-bond acceptors (Lipinski definition) is 5. The second-order valence-electron chi connectivity index (χ2n) is 6.98. The van der Waals surface area contributed by atoms with Gasteiger partial charge in [-0.05, 0) is 41.8 Å². The maximum atomic E-state index is 13.0. The van der Waals surface area contributed by atoms with Gasteiger partial charge in [-0.1, -0.05) is 18.2 Å². The zero-order valence-corrected chi connectivity index (χ0v) is 20.6. The lowest BCUT2D eigenvalue weighted by molar-refractivity contribution is 0.184. The molecule has 9 heteroatoms. The summed E-state index contributed by atoms with van der Waals surface area (Å²) in [7, 11) is 1.68. The van der Waals surface area contributed by atoms with Crippen LogP contribution in [0.2, 0.25) is 0 Å². The lowest BCUT2D eigenvalue weighted by atomic mass is 10.2. The Morgan fingerprint density at radius 1 is 1.19 bits per heavy atom. The predicted molar refractivity (Wildman–Crippen MR) is 137 cm³/mol. The molecule has 168 valence electrons. The van der Waals surface area contributed by atoms with Gasteiger partial charge >= 0.3 is 0 Å². The van der Waals surface area contributed by atoms with Crippen LogP contribution in [0.3, 0.4) is 0 Å². The molecule has 4 rings (SSSR count). The Kier molecular flexibility index (Phi) is 8.60. The number of halogens is 2. The molecule has 0 amide bonds. The topological polar surface area (TPSA) is 82.7 Å². The van der Waals surface area contributed by atoms with Crippen molar-refractivity contribution in [3.8, 4) is 11.5 Å². The van der Waals surface area contributed by atoms with Crippen molar-refractivity contribution in [1.29, 1.82) is 0 Å². The number of benzene rings is 2. The summed E-state index contributed by atoms with van der Waals surface area (Å²) in [4.78, 5) is 9.55. The maximum absolute atomic E-state index is 13.0. The fraction of sp³-hybridized carbons (Fsp3) is 0.217. The Bertz CT molecular complexity index is 1140. The van der Waals surface area contributed by atoms with Gasteiger partial charge in [-0.25, -0.2) is 9.37 Å². The molecule has 0 spiro atoms. The van der Waals surface area contributed by atoms with Gasteiger partial charge in [0.05, 0.1) is 5.69 Å². The minimum absolute atomic E-state index is 0. The second kappa shape index (κ2) is 11.4. The third-order valence-corrected chi connectivity index (χ3v) is 5.99. The molecular weight excluding hydrogens is 542 g/mol. The minimum Gasteiger partial charge on any atom is -0.444 e. The van der Waals surface area contributed by atoms with E-state index in [1.165, 1.54) is 12.1 Å². The van der Waals surface area contributed by atoms with E-state index in [2.05, 4.69) is 26.7 Å². The summed E-state index contributed by atoms with van der Waals surface area (Å²) in [6.07, 6.45) is 1.61. The van der Waals surface area contributed by atoms with Crippen molar-refractivity contribution in [2.24, 2.45) is 4.99 Å². The molecule has 2 heterocycles. The van der Waals surface area contributed by atoms with Crippen LogP contribution in [0.4, 0.5) is 4.39 Å². The lowest BCUT2D eigenvalue weighted by Crippen LogP contribution is -2.40. The monoisotopic (exact) mass is 566 g/mol. The van der Waals surface area contributed by atoms with E-state index in [1.807, 2.05) is 24.3 Å². The standard InChI is InChI=1S/C23H23FN4O2S.HI/c1-25-23(27-13-19(29)21-12-16-4-2-3-5-20(16)31-21)26-11-10-18-14-30-22(28-18)15-6-8-17(24)9-7-15;/h2-9,12,14,19,29H,10-11,13H2,1H3,(H2,25,26,27);1H. The zero-order chi connectivity index (χ0) is 21.6. The molecule has 4 aromatic rings. The molecule has 0 fully saturated rings. The van der Waals surface area contributed by atoms with Gasteiger partial charge in [0, 0.05) is 41.7 Å². The fourth-order valence-corrected chi connectivity index (χ4v) is 4.19. The number of nitrogens with one attached hydrogen (secondary N) is 2. The summed E-state index contributed by atoms with van der Waals surface area (Å²) in [5.41, 5.74) is 1.51. The number of aliphatic imine (C=N–C) groups is 1. The van der Waals surface area contributed by atoms with Crippen molar-refractivity contribution < 1.29 is 13.9 Å². The molecule has 3 N–H and O–H groups in total. The van der Waals surface area contributed by atoms with Gasteiger partial charge in [0.15, 0.2) is 5.96 Å². The summed E-state index contributed by atoms with van der Waals surface area (Å²) in [6, 6.07) is 16.1. The van der Waals surface area contributed by atoms with Crippen LogP contribution in [0.25, 0.3) is 21.5 Å². The van der Waals surface area contributed by atoms with Gasteiger partial charge in [0.1, 0.15) is 18.2 Å². The third kappa shape index (κ3) is 6.05. The van der Waals surface area contributed by atoms with Crippen LogP contribution < -0.4 is 10.6 Å². The van der Waals surface area contributed by atoms with Crippen LogP contribution in [0, 0.1) is 5.82 Å². The number of hydrogen-bond donors (Lipinski definition) is 3.